The smallest absolute Gasteiger partial charge is 0.241 e. The molecule has 0 aliphatic carbocycles. The molecule has 1 aromatic carbocycles. The fraction of sp³-hybridized carbons (Fsp3) is 0.500. The quantitative estimate of drug-likeness (QED) is 0.874. The topological polar surface area (TPSA) is 49.4 Å². The largest absolute Gasteiger partial charge is 0.346 e. The third kappa shape index (κ3) is 5.42. The Labute approximate surface area is 130 Å². The summed E-state index contributed by atoms with van der Waals surface area (Å²) in [6.07, 6.45) is 2.15. The van der Waals surface area contributed by atoms with Gasteiger partial charge in [-0.3, -0.25) is 9.59 Å². The van der Waals surface area contributed by atoms with Gasteiger partial charge in [0.05, 0.1) is 12.3 Å². The van der Waals surface area contributed by atoms with Gasteiger partial charge in [-0.1, -0.05) is 29.8 Å². The number of amides is 2. The first-order chi connectivity index (χ1) is 10.1. The van der Waals surface area contributed by atoms with Gasteiger partial charge in [-0.05, 0) is 25.3 Å². The Bertz CT molecular complexity index is 482. The van der Waals surface area contributed by atoms with Gasteiger partial charge >= 0.3 is 0 Å². The number of nitrogens with one attached hydrogen (secondary N) is 1. The summed E-state index contributed by atoms with van der Waals surface area (Å²) in [6.45, 7) is 3.85. The van der Waals surface area contributed by atoms with Gasteiger partial charge in [-0.15, -0.1) is 11.8 Å². The van der Waals surface area contributed by atoms with Crippen LogP contribution in [0.3, 0.4) is 0 Å². The number of thioether (sulfide) groups is 1. The molecule has 0 unspecified atom stereocenters. The molecule has 114 valence electrons. The number of hydrogen-bond acceptors (Lipinski definition) is 3. The molecule has 0 saturated carbocycles. The lowest BCUT2D eigenvalue weighted by molar-refractivity contribution is -0.131. The highest BCUT2D eigenvalue weighted by Crippen LogP contribution is 2.12. The zero-order valence-electron chi connectivity index (χ0n) is 12.4. The van der Waals surface area contributed by atoms with Crippen LogP contribution in [0, 0.1) is 6.92 Å². The van der Waals surface area contributed by atoms with E-state index in [9.17, 15) is 9.59 Å². The summed E-state index contributed by atoms with van der Waals surface area (Å²) < 4.78 is 0. The first-order valence-electron chi connectivity index (χ1n) is 7.33. The van der Waals surface area contributed by atoms with Crippen LogP contribution in [0.5, 0.6) is 0 Å². The second-order valence-corrected chi connectivity index (χ2v) is 6.33. The number of carbonyl (C=O) groups excluding carboxylic acids is 2. The van der Waals surface area contributed by atoms with Crippen LogP contribution in [0.1, 0.15) is 24.0 Å². The maximum atomic E-state index is 11.8. The van der Waals surface area contributed by atoms with Crippen molar-refractivity contribution in [2.75, 3.05) is 25.4 Å². The molecule has 0 bridgehead atoms. The second-order valence-electron chi connectivity index (χ2n) is 5.34. The summed E-state index contributed by atoms with van der Waals surface area (Å²) in [6, 6.07) is 8.31. The van der Waals surface area contributed by atoms with Crippen LogP contribution < -0.4 is 5.32 Å². The minimum atomic E-state index is -0.0698. The molecule has 1 aliphatic rings. The lowest BCUT2D eigenvalue weighted by Gasteiger charge is -2.15. The van der Waals surface area contributed by atoms with Crippen LogP contribution in [0.2, 0.25) is 0 Å². The van der Waals surface area contributed by atoms with Crippen molar-refractivity contribution in [3.05, 3.63) is 35.4 Å². The van der Waals surface area contributed by atoms with Gasteiger partial charge in [0.2, 0.25) is 11.8 Å². The fourth-order valence-electron chi connectivity index (χ4n) is 2.25. The third-order valence-electron chi connectivity index (χ3n) is 3.52. The summed E-state index contributed by atoms with van der Waals surface area (Å²) >= 11 is 1.57. The predicted molar refractivity (Wildman–Crippen MR) is 86.2 cm³/mol. The van der Waals surface area contributed by atoms with Crippen molar-refractivity contribution in [2.45, 2.75) is 25.5 Å². The Hall–Kier alpha value is -1.49. The number of benzene rings is 1. The Morgan fingerprint density at radius 2 is 1.86 bits per heavy atom. The van der Waals surface area contributed by atoms with Crippen molar-refractivity contribution in [3.8, 4) is 0 Å². The van der Waals surface area contributed by atoms with Gasteiger partial charge in [-0.25, -0.2) is 0 Å². The zero-order valence-corrected chi connectivity index (χ0v) is 13.2. The lowest BCUT2D eigenvalue weighted by Crippen LogP contribution is -2.39. The van der Waals surface area contributed by atoms with E-state index in [1.807, 2.05) is 4.90 Å². The summed E-state index contributed by atoms with van der Waals surface area (Å²) in [4.78, 5) is 25.3. The monoisotopic (exact) mass is 306 g/mol. The van der Waals surface area contributed by atoms with Crippen LogP contribution in [-0.2, 0) is 15.3 Å². The van der Waals surface area contributed by atoms with E-state index in [0.717, 1.165) is 31.7 Å². The maximum Gasteiger partial charge on any atom is 0.241 e. The fourth-order valence-corrected chi connectivity index (χ4v) is 3.07. The SMILES string of the molecule is Cc1ccc(CSCC(=O)NCC(=O)N2CCCC2)cc1. The third-order valence-corrected chi connectivity index (χ3v) is 4.52. The molecule has 1 aromatic rings. The number of rotatable bonds is 6. The Balaban J connectivity index is 1.61. The standard InChI is InChI=1S/C16H22N2O2S/c1-13-4-6-14(7-5-13)11-21-12-15(19)17-10-16(20)18-8-2-3-9-18/h4-7H,2-3,8-12H2,1H3,(H,17,19). The molecule has 1 aliphatic heterocycles. The predicted octanol–water partition coefficient (Wildman–Crippen LogP) is 1.97. The minimum absolute atomic E-state index is 0.0318. The molecule has 0 aromatic heterocycles. The minimum Gasteiger partial charge on any atom is -0.346 e. The average Bonchev–Trinajstić information content (AvgIpc) is 3.01. The number of likely N-dealkylation sites (tertiary alicyclic amines) is 1. The molecule has 2 rings (SSSR count). The Morgan fingerprint density at radius 3 is 2.52 bits per heavy atom. The maximum absolute atomic E-state index is 11.8. The molecule has 1 N–H and O–H groups in total. The van der Waals surface area contributed by atoms with Crippen molar-refractivity contribution < 1.29 is 9.59 Å². The lowest BCUT2D eigenvalue weighted by atomic mass is 10.2. The highest BCUT2D eigenvalue weighted by atomic mass is 32.2. The molecule has 0 radical (unpaired) electrons. The summed E-state index contributed by atoms with van der Waals surface area (Å²) in [5, 5.41) is 2.70. The van der Waals surface area contributed by atoms with E-state index in [0.29, 0.717) is 5.75 Å². The molecule has 5 heteroatoms. The van der Waals surface area contributed by atoms with Crippen LogP contribution >= 0.6 is 11.8 Å². The van der Waals surface area contributed by atoms with E-state index in [1.54, 1.807) is 11.8 Å². The van der Waals surface area contributed by atoms with E-state index in [1.165, 1.54) is 11.1 Å². The molecule has 4 nitrogen and oxygen atoms in total. The molecule has 2 amide bonds. The van der Waals surface area contributed by atoms with Gasteiger partial charge in [0.1, 0.15) is 0 Å². The van der Waals surface area contributed by atoms with Crippen molar-refractivity contribution in [1.29, 1.82) is 0 Å². The van der Waals surface area contributed by atoms with Crippen molar-refractivity contribution in [3.63, 3.8) is 0 Å². The molecule has 1 saturated heterocycles. The first kappa shape index (κ1) is 15.9. The summed E-state index contributed by atoms with van der Waals surface area (Å²) in [5.74, 6) is 1.17. The van der Waals surface area contributed by atoms with Gasteiger partial charge < -0.3 is 10.2 Å². The summed E-state index contributed by atoms with van der Waals surface area (Å²) in [7, 11) is 0. The number of aryl methyl sites for hydroxylation is 1. The average molecular weight is 306 g/mol. The molecule has 1 fully saturated rings. The Kier molecular flexibility index (Phi) is 6.11. The molecule has 0 atom stereocenters. The van der Waals surface area contributed by atoms with Crippen LogP contribution in [0.25, 0.3) is 0 Å². The highest BCUT2D eigenvalue weighted by molar-refractivity contribution is 7.99. The van der Waals surface area contributed by atoms with E-state index < -0.39 is 0 Å². The van der Waals surface area contributed by atoms with Crippen LogP contribution in [-0.4, -0.2) is 42.1 Å². The molecule has 1 heterocycles. The normalized spacial score (nSPS) is 14.2. The van der Waals surface area contributed by atoms with E-state index in [-0.39, 0.29) is 18.4 Å². The van der Waals surface area contributed by atoms with Crippen molar-refractivity contribution in [2.24, 2.45) is 0 Å². The first-order valence-corrected chi connectivity index (χ1v) is 8.48. The van der Waals surface area contributed by atoms with Crippen LogP contribution in [0.4, 0.5) is 0 Å². The van der Waals surface area contributed by atoms with Crippen molar-refractivity contribution >= 4 is 23.6 Å². The Morgan fingerprint density at radius 1 is 1.19 bits per heavy atom. The van der Waals surface area contributed by atoms with E-state index >= 15 is 0 Å². The zero-order chi connectivity index (χ0) is 15.1. The highest BCUT2D eigenvalue weighted by Gasteiger charge is 2.17. The second kappa shape index (κ2) is 8.08. The van der Waals surface area contributed by atoms with E-state index in [2.05, 4.69) is 36.5 Å². The van der Waals surface area contributed by atoms with Crippen molar-refractivity contribution in [1.82, 2.24) is 10.2 Å². The van der Waals surface area contributed by atoms with Gasteiger partial charge in [-0.2, -0.15) is 0 Å². The van der Waals surface area contributed by atoms with Gasteiger partial charge in [0, 0.05) is 18.8 Å². The molecule has 21 heavy (non-hydrogen) atoms. The van der Waals surface area contributed by atoms with Gasteiger partial charge in [0.25, 0.3) is 0 Å². The number of nitrogens with zero attached hydrogens (tertiary/aromatic N) is 1. The van der Waals surface area contributed by atoms with Gasteiger partial charge in [0.15, 0.2) is 0 Å². The molecular weight excluding hydrogens is 284 g/mol. The van der Waals surface area contributed by atoms with Crippen LogP contribution in [0.15, 0.2) is 24.3 Å². The summed E-state index contributed by atoms with van der Waals surface area (Å²) in [5.41, 5.74) is 2.45. The molecular formula is C16H22N2O2S. The molecule has 0 spiro atoms. The number of carbonyl (C=O) groups is 2. The van der Waals surface area contributed by atoms with E-state index in [4.69, 9.17) is 0 Å². The number of hydrogen-bond donors (Lipinski definition) is 1.